The second-order valence-corrected chi connectivity index (χ2v) is 7.20. The summed E-state index contributed by atoms with van der Waals surface area (Å²) in [5.74, 6) is -0.0935. The zero-order valence-corrected chi connectivity index (χ0v) is 16.2. The van der Waals surface area contributed by atoms with Gasteiger partial charge in [-0.2, -0.15) is 0 Å². The topological polar surface area (TPSA) is 79.6 Å². The maximum atomic E-state index is 12.9. The van der Waals surface area contributed by atoms with E-state index in [9.17, 15) is 14.4 Å². The Balaban J connectivity index is 1.69. The molecular weight excluding hydrogens is 368 g/mol. The summed E-state index contributed by atoms with van der Waals surface area (Å²) in [5.41, 5.74) is 1.56. The second-order valence-electron chi connectivity index (χ2n) is 7.20. The quantitative estimate of drug-likeness (QED) is 0.742. The molecule has 0 radical (unpaired) electrons. The number of carbonyl (C=O) groups excluding carboxylic acids is 2. The van der Waals surface area contributed by atoms with Crippen LogP contribution in [0.1, 0.15) is 28.8 Å². The molecule has 0 bridgehead atoms. The van der Waals surface area contributed by atoms with Crippen LogP contribution in [-0.4, -0.2) is 36.3 Å². The van der Waals surface area contributed by atoms with Crippen molar-refractivity contribution in [3.8, 4) is 11.3 Å². The van der Waals surface area contributed by atoms with E-state index in [1.807, 2.05) is 30.3 Å². The van der Waals surface area contributed by atoms with Gasteiger partial charge in [0.1, 0.15) is 5.76 Å². The van der Waals surface area contributed by atoms with Crippen molar-refractivity contribution in [2.75, 3.05) is 19.6 Å². The summed E-state index contributed by atoms with van der Waals surface area (Å²) < 4.78 is 6.06. The van der Waals surface area contributed by atoms with Gasteiger partial charge < -0.3 is 14.6 Å². The number of hydrogen-bond donors (Lipinski definition) is 1. The zero-order valence-electron chi connectivity index (χ0n) is 16.2. The van der Waals surface area contributed by atoms with Gasteiger partial charge in [-0.05, 0) is 31.9 Å². The van der Waals surface area contributed by atoms with Gasteiger partial charge in [0.2, 0.25) is 5.91 Å². The first kappa shape index (κ1) is 18.9. The minimum Gasteiger partial charge on any atom is -0.455 e. The van der Waals surface area contributed by atoms with E-state index in [4.69, 9.17) is 4.42 Å². The summed E-state index contributed by atoms with van der Waals surface area (Å²) in [4.78, 5) is 39.6. The van der Waals surface area contributed by atoms with Crippen LogP contribution in [-0.2, 0) is 4.79 Å². The van der Waals surface area contributed by atoms with Crippen molar-refractivity contribution in [3.63, 3.8) is 0 Å². The van der Waals surface area contributed by atoms with Crippen LogP contribution in [0.2, 0.25) is 0 Å². The predicted molar refractivity (Wildman–Crippen MR) is 111 cm³/mol. The number of carbonyl (C=O) groups is 2. The molecule has 1 N–H and O–H groups in total. The highest BCUT2D eigenvalue weighted by atomic mass is 16.3. The largest absolute Gasteiger partial charge is 0.455 e. The molecule has 0 aliphatic carbocycles. The molecule has 29 heavy (non-hydrogen) atoms. The number of para-hydroxylation sites is 1. The average Bonchev–Trinajstić information content (AvgIpc) is 3.29. The first-order valence-electron chi connectivity index (χ1n) is 9.74. The highest BCUT2D eigenvalue weighted by Gasteiger charge is 2.21. The number of fused-ring (bicyclic) bond motifs is 1. The molecule has 0 atom stereocenters. The number of hydrogen-bond acceptors (Lipinski definition) is 4. The molecule has 2 amide bonds. The Morgan fingerprint density at radius 2 is 1.76 bits per heavy atom. The first-order chi connectivity index (χ1) is 14.1. The van der Waals surface area contributed by atoms with Crippen LogP contribution < -0.4 is 10.7 Å². The molecule has 1 aliphatic heterocycles. The number of benzene rings is 2. The van der Waals surface area contributed by atoms with Crippen LogP contribution >= 0.6 is 0 Å². The molecule has 6 nitrogen and oxygen atoms in total. The highest BCUT2D eigenvalue weighted by molar-refractivity contribution is 6.06. The second kappa shape index (κ2) is 7.91. The lowest BCUT2D eigenvalue weighted by molar-refractivity contribution is -0.129. The van der Waals surface area contributed by atoms with Gasteiger partial charge in [-0.15, -0.1) is 0 Å². The normalized spacial score (nSPS) is 13.6. The lowest BCUT2D eigenvalue weighted by Crippen LogP contribution is -2.38. The monoisotopic (exact) mass is 390 g/mol. The van der Waals surface area contributed by atoms with E-state index in [0.29, 0.717) is 16.7 Å². The van der Waals surface area contributed by atoms with Gasteiger partial charge in [0, 0.05) is 24.2 Å². The van der Waals surface area contributed by atoms with E-state index in [-0.39, 0.29) is 29.0 Å². The Morgan fingerprint density at radius 3 is 2.48 bits per heavy atom. The van der Waals surface area contributed by atoms with E-state index in [2.05, 4.69) is 5.32 Å². The lowest BCUT2D eigenvalue weighted by Gasteiger charge is -2.15. The summed E-state index contributed by atoms with van der Waals surface area (Å²) in [5, 5.41) is 3.02. The predicted octanol–water partition coefficient (Wildman–Crippen LogP) is 3.12. The van der Waals surface area contributed by atoms with Gasteiger partial charge in [-0.1, -0.05) is 36.4 Å². The summed E-state index contributed by atoms with van der Waals surface area (Å²) >= 11 is 0. The third-order valence-electron chi connectivity index (χ3n) is 5.28. The Morgan fingerprint density at radius 1 is 1.03 bits per heavy atom. The average molecular weight is 390 g/mol. The summed E-state index contributed by atoms with van der Waals surface area (Å²) in [6.07, 6.45) is 1.99. The van der Waals surface area contributed by atoms with Crippen LogP contribution in [0.15, 0.2) is 57.7 Å². The number of rotatable bonds is 4. The van der Waals surface area contributed by atoms with Crippen molar-refractivity contribution in [1.82, 2.24) is 10.2 Å². The minimum absolute atomic E-state index is 0.0726. The smallest absolute Gasteiger partial charge is 0.255 e. The molecule has 6 heteroatoms. The van der Waals surface area contributed by atoms with Gasteiger partial charge >= 0.3 is 0 Å². The maximum Gasteiger partial charge on any atom is 0.255 e. The fourth-order valence-electron chi connectivity index (χ4n) is 3.68. The summed E-state index contributed by atoms with van der Waals surface area (Å²) in [7, 11) is 0. The molecule has 1 fully saturated rings. The molecule has 0 unspecified atom stereocenters. The number of amides is 2. The molecular formula is C23H22N2O4. The Labute approximate surface area is 168 Å². The van der Waals surface area contributed by atoms with Crippen LogP contribution in [0.3, 0.4) is 0 Å². The molecule has 4 rings (SSSR count). The van der Waals surface area contributed by atoms with Crippen molar-refractivity contribution in [1.29, 1.82) is 0 Å². The SMILES string of the molecule is Cc1c(-c2ccccc2)oc2c(C(=O)NCC(=O)N3CCCC3)cccc2c1=O. The van der Waals surface area contributed by atoms with E-state index < -0.39 is 5.91 Å². The number of nitrogens with zero attached hydrogens (tertiary/aromatic N) is 1. The molecule has 2 aromatic carbocycles. The van der Waals surface area contributed by atoms with Gasteiger partial charge in [0.05, 0.1) is 17.5 Å². The van der Waals surface area contributed by atoms with Crippen LogP contribution in [0.5, 0.6) is 0 Å². The first-order valence-corrected chi connectivity index (χ1v) is 9.74. The molecule has 148 valence electrons. The van der Waals surface area contributed by atoms with Crippen LogP contribution in [0.25, 0.3) is 22.3 Å². The molecule has 3 aromatic rings. The van der Waals surface area contributed by atoms with Crippen molar-refractivity contribution < 1.29 is 14.0 Å². The van der Waals surface area contributed by atoms with Crippen molar-refractivity contribution in [3.05, 3.63) is 69.9 Å². The standard InChI is InChI=1S/C23H22N2O4/c1-15-20(27)17-10-7-11-18(22(17)29-21(15)16-8-3-2-4-9-16)23(28)24-14-19(26)25-12-5-6-13-25/h2-4,7-11H,5-6,12-14H2,1H3,(H,24,28). The molecule has 0 spiro atoms. The van der Waals surface area contributed by atoms with Gasteiger partial charge in [0.15, 0.2) is 11.0 Å². The fourth-order valence-corrected chi connectivity index (χ4v) is 3.68. The van der Waals surface area contributed by atoms with Gasteiger partial charge in [-0.3, -0.25) is 14.4 Å². The third-order valence-corrected chi connectivity index (χ3v) is 5.28. The zero-order chi connectivity index (χ0) is 20.4. The third kappa shape index (κ3) is 3.66. The maximum absolute atomic E-state index is 12.9. The van der Waals surface area contributed by atoms with E-state index in [1.165, 1.54) is 0 Å². The van der Waals surface area contributed by atoms with E-state index in [1.54, 1.807) is 30.0 Å². The highest BCUT2D eigenvalue weighted by Crippen LogP contribution is 2.27. The fraction of sp³-hybridized carbons (Fsp3) is 0.261. The molecule has 1 aromatic heterocycles. The van der Waals surface area contributed by atoms with E-state index in [0.717, 1.165) is 31.5 Å². The summed E-state index contributed by atoms with van der Waals surface area (Å²) in [6, 6.07) is 14.2. The number of likely N-dealkylation sites (tertiary alicyclic amines) is 1. The van der Waals surface area contributed by atoms with Crippen molar-refractivity contribution in [2.45, 2.75) is 19.8 Å². The van der Waals surface area contributed by atoms with Crippen LogP contribution in [0, 0.1) is 6.92 Å². The molecule has 1 aliphatic rings. The summed E-state index contributed by atoms with van der Waals surface area (Å²) in [6.45, 7) is 3.11. The van der Waals surface area contributed by atoms with Crippen molar-refractivity contribution >= 4 is 22.8 Å². The minimum atomic E-state index is -0.436. The molecule has 0 saturated carbocycles. The molecule has 1 saturated heterocycles. The van der Waals surface area contributed by atoms with Gasteiger partial charge in [-0.25, -0.2) is 0 Å². The van der Waals surface area contributed by atoms with Crippen LogP contribution in [0.4, 0.5) is 0 Å². The van der Waals surface area contributed by atoms with E-state index >= 15 is 0 Å². The van der Waals surface area contributed by atoms with Gasteiger partial charge in [0.25, 0.3) is 5.91 Å². The Hall–Kier alpha value is -3.41. The van der Waals surface area contributed by atoms with Crippen molar-refractivity contribution in [2.24, 2.45) is 0 Å². The Bertz CT molecular complexity index is 1130. The Kier molecular flexibility index (Phi) is 5.16. The molecule has 2 heterocycles. The lowest BCUT2D eigenvalue weighted by atomic mass is 10.0. The number of nitrogens with one attached hydrogen (secondary N) is 1.